The van der Waals surface area contributed by atoms with Crippen LogP contribution < -0.4 is 10.5 Å². The van der Waals surface area contributed by atoms with Gasteiger partial charge in [0.1, 0.15) is 18.0 Å². The van der Waals surface area contributed by atoms with Gasteiger partial charge in [0.2, 0.25) is 0 Å². The quantitative estimate of drug-likeness (QED) is 0.351. The van der Waals surface area contributed by atoms with Crippen molar-refractivity contribution < 1.29 is 4.74 Å². The Morgan fingerprint density at radius 3 is 2.54 bits per heavy atom. The maximum absolute atomic E-state index is 6.44. The summed E-state index contributed by atoms with van der Waals surface area (Å²) in [7, 11) is 2.18. The summed E-state index contributed by atoms with van der Waals surface area (Å²) < 4.78 is 6.03. The number of nitrogens with one attached hydrogen (secondary N) is 1. The number of nitrogens with zero attached hydrogens (tertiary/aromatic N) is 3. The van der Waals surface area contributed by atoms with Crippen LogP contribution >= 0.6 is 0 Å². The van der Waals surface area contributed by atoms with Crippen LogP contribution in [0, 0.1) is 0 Å². The van der Waals surface area contributed by atoms with Crippen molar-refractivity contribution in [2.24, 2.45) is 5.73 Å². The molecule has 0 amide bonds. The predicted molar refractivity (Wildman–Crippen MR) is 145 cm³/mol. The Bertz CT molecular complexity index is 1260. The van der Waals surface area contributed by atoms with E-state index >= 15 is 0 Å². The first-order valence-corrected chi connectivity index (χ1v) is 12.9. The van der Waals surface area contributed by atoms with Gasteiger partial charge in [0.05, 0.1) is 0 Å². The second-order valence-corrected chi connectivity index (χ2v) is 9.82. The number of aromatic amines is 1. The first-order chi connectivity index (χ1) is 17.1. The lowest BCUT2D eigenvalue weighted by atomic mass is 10.0. The number of H-pyrrole nitrogens is 1. The lowest BCUT2D eigenvalue weighted by Crippen LogP contribution is -2.45. The Kier molecular flexibility index (Phi) is 7.32. The number of pyridine rings is 1. The Labute approximate surface area is 208 Å². The summed E-state index contributed by atoms with van der Waals surface area (Å²) in [6.07, 6.45) is 5.19. The van der Waals surface area contributed by atoms with Crippen LogP contribution in [0.1, 0.15) is 37.8 Å². The molecule has 2 aromatic heterocycles. The third-order valence-corrected chi connectivity index (χ3v) is 7.23. The first-order valence-electron chi connectivity index (χ1n) is 12.9. The molecule has 6 nitrogen and oxygen atoms in total. The van der Waals surface area contributed by atoms with Gasteiger partial charge in [0.25, 0.3) is 0 Å². The van der Waals surface area contributed by atoms with E-state index in [1.807, 2.05) is 6.20 Å². The van der Waals surface area contributed by atoms with Gasteiger partial charge in [-0.25, -0.2) is 4.98 Å². The number of likely N-dealkylation sites (N-methyl/N-ethyl adjacent to an activating group) is 1. The SMILES string of the molecule is CCCCC(N)c1cnc2[nH]c3ccc(-c4ccc(OCCN5CCN(C)CC5)cc4)cc3c2c1. The van der Waals surface area contributed by atoms with Gasteiger partial charge in [-0.15, -0.1) is 0 Å². The number of benzene rings is 2. The Hall–Kier alpha value is -2.93. The highest BCUT2D eigenvalue weighted by Gasteiger charge is 2.14. The molecule has 6 heteroatoms. The minimum Gasteiger partial charge on any atom is -0.492 e. The van der Waals surface area contributed by atoms with Crippen molar-refractivity contribution in [3.8, 4) is 16.9 Å². The fourth-order valence-corrected chi connectivity index (χ4v) is 4.87. The van der Waals surface area contributed by atoms with E-state index < -0.39 is 0 Å². The van der Waals surface area contributed by atoms with Gasteiger partial charge in [-0.2, -0.15) is 0 Å². The molecule has 1 saturated heterocycles. The van der Waals surface area contributed by atoms with E-state index in [4.69, 9.17) is 10.5 Å². The van der Waals surface area contributed by atoms with Crippen molar-refractivity contribution in [3.05, 3.63) is 60.3 Å². The van der Waals surface area contributed by atoms with Crippen molar-refractivity contribution in [2.45, 2.75) is 32.2 Å². The van der Waals surface area contributed by atoms with Gasteiger partial charge < -0.3 is 20.4 Å². The monoisotopic (exact) mass is 471 g/mol. The number of rotatable bonds is 9. The minimum atomic E-state index is 0.0313. The summed E-state index contributed by atoms with van der Waals surface area (Å²) in [6.45, 7) is 8.41. The molecule has 1 atom stereocenters. The molecule has 0 aliphatic carbocycles. The molecule has 3 N–H and O–H groups in total. The van der Waals surface area contributed by atoms with Gasteiger partial charge in [0.15, 0.2) is 0 Å². The fraction of sp³-hybridized carbons (Fsp3) is 0.414. The van der Waals surface area contributed by atoms with E-state index in [0.29, 0.717) is 0 Å². The van der Waals surface area contributed by atoms with Crippen LogP contribution in [0.15, 0.2) is 54.7 Å². The average Bonchev–Trinajstić information content (AvgIpc) is 3.26. The Balaban J connectivity index is 1.29. The highest BCUT2D eigenvalue weighted by atomic mass is 16.5. The number of unbranched alkanes of at least 4 members (excludes halogenated alkanes) is 1. The van der Waals surface area contributed by atoms with E-state index in [1.165, 1.54) is 16.5 Å². The minimum absolute atomic E-state index is 0.0313. The molecule has 5 rings (SSSR count). The lowest BCUT2D eigenvalue weighted by Gasteiger charge is -2.32. The summed E-state index contributed by atoms with van der Waals surface area (Å²) in [5.41, 5.74) is 11.9. The van der Waals surface area contributed by atoms with Crippen molar-refractivity contribution in [2.75, 3.05) is 46.4 Å². The average molecular weight is 472 g/mol. The van der Waals surface area contributed by atoms with Crippen LogP contribution in [0.2, 0.25) is 0 Å². The molecule has 1 fully saturated rings. The van der Waals surface area contributed by atoms with Crippen LogP contribution in [0.4, 0.5) is 0 Å². The van der Waals surface area contributed by atoms with E-state index in [9.17, 15) is 0 Å². The number of hydrogen-bond acceptors (Lipinski definition) is 5. The van der Waals surface area contributed by atoms with E-state index in [0.717, 1.165) is 86.5 Å². The van der Waals surface area contributed by atoms with Crippen LogP contribution in [0.5, 0.6) is 5.75 Å². The third-order valence-electron chi connectivity index (χ3n) is 7.23. The molecule has 0 spiro atoms. The molecule has 2 aromatic carbocycles. The topological polar surface area (TPSA) is 70.4 Å². The van der Waals surface area contributed by atoms with Gasteiger partial charge in [-0.3, -0.25) is 4.90 Å². The summed E-state index contributed by atoms with van der Waals surface area (Å²) in [6, 6.07) is 17.2. The first kappa shape index (κ1) is 23.8. The van der Waals surface area contributed by atoms with Crippen LogP contribution in [0.3, 0.4) is 0 Å². The van der Waals surface area contributed by atoms with Gasteiger partial charge in [0, 0.05) is 61.3 Å². The molecule has 184 valence electrons. The number of aromatic nitrogens is 2. The molecular formula is C29H37N5O. The third kappa shape index (κ3) is 5.50. The lowest BCUT2D eigenvalue weighted by molar-refractivity contribution is 0.134. The smallest absolute Gasteiger partial charge is 0.138 e. The van der Waals surface area contributed by atoms with Crippen LogP contribution in [-0.4, -0.2) is 66.1 Å². The number of fused-ring (bicyclic) bond motifs is 3. The zero-order valence-electron chi connectivity index (χ0n) is 21.0. The molecule has 1 aliphatic heterocycles. The second kappa shape index (κ2) is 10.8. The van der Waals surface area contributed by atoms with Gasteiger partial charge >= 0.3 is 0 Å². The predicted octanol–water partition coefficient (Wildman–Crippen LogP) is 5.20. The molecule has 0 radical (unpaired) electrons. The molecule has 0 bridgehead atoms. The van der Waals surface area contributed by atoms with E-state index in [-0.39, 0.29) is 6.04 Å². The Morgan fingerprint density at radius 2 is 1.77 bits per heavy atom. The van der Waals surface area contributed by atoms with E-state index in [1.54, 1.807) is 0 Å². The molecule has 3 heterocycles. The number of piperazine rings is 1. The largest absolute Gasteiger partial charge is 0.492 e. The second-order valence-electron chi connectivity index (χ2n) is 9.82. The highest BCUT2D eigenvalue weighted by molar-refractivity contribution is 6.07. The highest BCUT2D eigenvalue weighted by Crippen LogP contribution is 2.31. The normalized spacial score (nSPS) is 16.2. The maximum atomic E-state index is 6.44. The van der Waals surface area contributed by atoms with Crippen LogP contribution in [0.25, 0.3) is 33.1 Å². The van der Waals surface area contributed by atoms with Crippen molar-refractivity contribution >= 4 is 21.9 Å². The summed E-state index contributed by atoms with van der Waals surface area (Å²) in [5, 5.41) is 2.32. The molecule has 35 heavy (non-hydrogen) atoms. The fourth-order valence-electron chi connectivity index (χ4n) is 4.87. The molecule has 1 aliphatic rings. The Morgan fingerprint density at radius 1 is 1.00 bits per heavy atom. The molecular weight excluding hydrogens is 434 g/mol. The molecule has 0 saturated carbocycles. The molecule has 1 unspecified atom stereocenters. The van der Waals surface area contributed by atoms with Gasteiger partial charge in [-0.05, 0) is 60.5 Å². The van der Waals surface area contributed by atoms with E-state index in [2.05, 4.69) is 82.3 Å². The zero-order chi connectivity index (χ0) is 24.2. The summed E-state index contributed by atoms with van der Waals surface area (Å²) in [5.74, 6) is 0.922. The summed E-state index contributed by atoms with van der Waals surface area (Å²) >= 11 is 0. The van der Waals surface area contributed by atoms with Crippen molar-refractivity contribution in [3.63, 3.8) is 0 Å². The number of nitrogens with two attached hydrogens (primary N) is 1. The maximum Gasteiger partial charge on any atom is 0.138 e. The van der Waals surface area contributed by atoms with Crippen molar-refractivity contribution in [1.82, 2.24) is 19.8 Å². The van der Waals surface area contributed by atoms with Gasteiger partial charge in [-0.1, -0.05) is 38.0 Å². The zero-order valence-corrected chi connectivity index (χ0v) is 21.0. The summed E-state index contributed by atoms with van der Waals surface area (Å²) in [4.78, 5) is 13.0. The number of ether oxygens (including phenoxy) is 1. The number of hydrogen-bond donors (Lipinski definition) is 2. The molecule has 4 aromatic rings. The standard InChI is InChI=1S/C29H37N5O/c1-3-4-5-27(30)23-19-26-25-18-22(8-11-28(25)32-29(26)31-20-23)21-6-9-24(10-7-21)35-17-16-34-14-12-33(2)13-15-34/h6-11,18-20,27H,3-5,12-17,30H2,1-2H3,(H,31,32). The van der Waals surface area contributed by atoms with Crippen molar-refractivity contribution in [1.29, 1.82) is 0 Å². The van der Waals surface area contributed by atoms with Crippen LogP contribution in [-0.2, 0) is 0 Å².